The van der Waals surface area contributed by atoms with Gasteiger partial charge in [-0.1, -0.05) is 35.5 Å². The number of oxime groups is 1. The maximum Gasteiger partial charge on any atom is 0.0661 e. The molecule has 1 rings (SSSR count). The second-order valence-electron chi connectivity index (χ2n) is 2.48. The van der Waals surface area contributed by atoms with Gasteiger partial charge in [0.25, 0.3) is 0 Å². The standard InChI is InChI=1S/C10H11NO/c1-9-5-2-3-6-10(9)7-4-8-11-12/h2-8,12H,1H3/b7-4-,11-8?. The van der Waals surface area contributed by atoms with Crippen LogP contribution in [0.15, 0.2) is 35.5 Å². The van der Waals surface area contributed by atoms with Gasteiger partial charge in [0.15, 0.2) is 0 Å². The van der Waals surface area contributed by atoms with Crippen LogP contribution in [0.3, 0.4) is 0 Å². The largest absolute Gasteiger partial charge is 0.411 e. The van der Waals surface area contributed by atoms with Gasteiger partial charge in [-0.15, -0.1) is 0 Å². The van der Waals surface area contributed by atoms with Crippen LogP contribution in [-0.2, 0) is 0 Å². The molecule has 0 saturated carbocycles. The predicted octanol–water partition coefficient (Wildman–Crippen LogP) is 2.47. The summed E-state index contributed by atoms with van der Waals surface area (Å²) in [5.74, 6) is 0. The molecule has 0 fully saturated rings. The van der Waals surface area contributed by atoms with Gasteiger partial charge in [0.2, 0.25) is 0 Å². The number of allylic oxidation sites excluding steroid dienone is 1. The number of hydrogen-bond donors (Lipinski definition) is 1. The molecule has 0 heterocycles. The summed E-state index contributed by atoms with van der Waals surface area (Å²) >= 11 is 0. The maximum absolute atomic E-state index is 8.13. The summed E-state index contributed by atoms with van der Waals surface area (Å²) in [5.41, 5.74) is 2.34. The van der Waals surface area contributed by atoms with Gasteiger partial charge in [-0.3, -0.25) is 0 Å². The van der Waals surface area contributed by atoms with E-state index in [1.807, 2.05) is 37.3 Å². The van der Waals surface area contributed by atoms with Gasteiger partial charge in [0.1, 0.15) is 0 Å². The molecule has 0 amide bonds. The summed E-state index contributed by atoms with van der Waals surface area (Å²) in [7, 11) is 0. The zero-order valence-corrected chi connectivity index (χ0v) is 6.94. The summed E-state index contributed by atoms with van der Waals surface area (Å²) in [5, 5.41) is 11.0. The lowest BCUT2D eigenvalue weighted by atomic mass is 10.1. The van der Waals surface area contributed by atoms with Crippen LogP contribution in [0.5, 0.6) is 0 Å². The van der Waals surface area contributed by atoms with Gasteiger partial charge in [-0.2, -0.15) is 0 Å². The first kappa shape index (κ1) is 8.53. The Morgan fingerprint density at radius 3 is 2.75 bits per heavy atom. The fraction of sp³-hybridized carbons (Fsp3) is 0.100. The quantitative estimate of drug-likeness (QED) is 0.403. The molecule has 1 aromatic rings. The molecule has 0 aliphatic carbocycles. The first-order chi connectivity index (χ1) is 5.84. The van der Waals surface area contributed by atoms with Crippen LogP contribution in [0.4, 0.5) is 0 Å². The third-order valence-corrected chi connectivity index (χ3v) is 1.62. The fourth-order valence-corrected chi connectivity index (χ4v) is 0.959. The minimum absolute atomic E-state index is 1.14. The van der Waals surface area contributed by atoms with Crippen molar-refractivity contribution in [2.24, 2.45) is 5.16 Å². The third-order valence-electron chi connectivity index (χ3n) is 1.62. The summed E-state index contributed by atoms with van der Waals surface area (Å²) < 4.78 is 0. The molecule has 1 aromatic carbocycles. The molecule has 0 aromatic heterocycles. The van der Waals surface area contributed by atoms with E-state index in [2.05, 4.69) is 5.16 Å². The van der Waals surface area contributed by atoms with Crippen molar-refractivity contribution in [3.63, 3.8) is 0 Å². The lowest BCUT2D eigenvalue weighted by Gasteiger charge is -1.96. The van der Waals surface area contributed by atoms with E-state index in [-0.39, 0.29) is 0 Å². The van der Waals surface area contributed by atoms with Crippen molar-refractivity contribution in [2.45, 2.75) is 6.92 Å². The first-order valence-electron chi connectivity index (χ1n) is 3.74. The van der Waals surface area contributed by atoms with Crippen LogP contribution in [0.1, 0.15) is 11.1 Å². The highest BCUT2D eigenvalue weighted by Crippen LogP contribution is 2.07. The number of nitrogens with zero attached hydrogens (tertiary/aromatic N) is 1. The number of rotatable bonds is 2. The molecule has 0 bridgehead atoms. The second-order valence-corrected chi connectivity index (χ2v) is 2.48. The van der Waals surface area contributed by atoms with Crippen molar-refractivity contribution >= 4 is 12.3 Å². The lowest BCUT2D eigenvalue weighted by molar-refractivity contribution is 0.322. The highest BCUT2D eigenvalue weighted by molar-refractivity contribution is 5.78. The Labute approximate surface area is 71.8 Å². The Hall–Kier alpha value is -1.57. The van der Waals surface area contributed by atoms with Crippen molar-refractivity contribution in [3.05, 3.63) is 41.5 Å². The predicted molar refractivity (Wildman–Crippen MR) is 50.5 cm³/mol. The van der Waals surface area contributed by atoms with E-state index in [9.17, 15) is 0 Å². The Kier molecular flexibility index (Phi) is 3.08. The average Bonchev–Trinajstić information content (AvgIpc) is 2.09. The molecular formula is C10H11NO. The molecule has 2 heteroatoms. The number of benzene rings is 1. The molecule has 1 N–H and O–H groups in total. The monoisotopic (exact) mass is 161 g/mol. The van der Waals surface area contributed by atoms with Crippen molar-refractivity contribution in [3.8, 4) is 0 Å². The SMILES string of the molecule is Cc1ccccc1/C=C\C=NO. The topological polar surface area (TPSA) is 32.6 Å². The lowest BCUT2D eigenvalue weighted by Crippen LogP contribution is -1.77. The molecule has 12 heavy (non-hydrogen) atoms. The molecule has 0 saturated heterocycles. The maximum atomic E-state index is 8.13. The van der Waals surface area contributed by atoms with E-state index in [0.717, 1.165) is 5.56 Å². The van der Waals surface area contributed by atoms with E-state index in [1.165, 1.54) is 11.8 Å². The smallest absolute Gasteiger partial charge is 0.0661 e. The minimum Gasteiger partial charge on any atom is -0.411 e. The van der Waals surface area contributed by atoms with Crippen LogP contribution < -0.4 is 0 Å². The Morgan fingerprint density at radius 2 is 2.08 bits per heavy atom. The van der Waals surface area contributed by atoms with Crippen LogP contribution in [-0.4, -0.2) is 11.4 Å². The van der Waals surface area contributed by atoms with Crippen molar-refractivity contribution in [1.29, 1.82) is 0 Å². The van der Waals surface area contributed by atoms with Crippen molar-refractivity contribution < 1.29 is 5.21 Å². The number of hydrogen-bond acceptors (Lipinski definition) is 2. The molecule has 62 valence electrons. The van der Waals surface area contributed by atoms with Gasteiger partial charge in [0, 0.05) is 0 Å². The molecule has 0 radical (unpaired) electrons. The highest BCUT2D eigenvalue weighted by Gasteiger charge is 1.88. The van der Waals surface area contributed by atoms with Gasteiger partial charge in [-0.05, 0) is 24.1 Å². The molecule has 0 atom stereocenters. The molecule has 2 nitrogen and oxygen atoms in total. The van der Waals surface area contributed by atoms with Gasteiger partial charge in [0.05, 0.1) is 6.21 Å². The zero-order valence-electron chi connectivity index (χ0n) is 6.94. The summed E-state index contributed by atoms with van der Waals surface area (Å²) in [6, 6.07) is 8.02. The molecule has 0 spiro atoms. The van der Waals surface area contributed by atoms with Crippen LogP contribution in [0.2, 0.25) is 0 Å². The summed E-state index contributed by atoms with van der Waals surface area (Å²) in [6.45, 7) is 2.04. The Morgan fingerprint density at radius 1 is 1.33 bits per heavy atom. The number of aryl methyl sites for hydroxylation is 1. The van der Waals surface area contributed by atoms with E-state index >= 15 is 0 Å². The van der Waals surface area contributed by atoms with E-state index < -0.39 is 0 Å². The second kappa shape index (κ2) is 4.34. The normalized spacial score (nSPS) is 11.4. The molecular weight excluding hydrogens is 150 g/mol. The minimum atomic E-state index is 1.14. The van der Waals surface area contributed by atoms with Crippen LogP contribution in [0, 0.1) is 6.92 Å². The molecule has 0 aliphatic heterocycles. The van der Waals surface area contributed by atoms with Crippen molar-refractivity contribution in [2.75, 3.05) is 0 Å². The first-order valence-corrected chi connectivity index (χ1v) is 3.74. The van der Waals surface area contributed by atoms with E-state index in [4.69, 9.17) is 5.21 Å². The van der Waals surface area contributed by atoms with E-state index in [0.29, 0.717) is 0 Å². The fourth-order valence-electron chi connectivity index (χ4n) is 0.959. The van der Waals surface area contributed by atoms with E-state index in [1.54, 1.807) is 6.08 Å². The van der Waals surface area contributed by atoms with Crippen LogP contribution >= 0.6 is 0 Å². The van der Waals surface area contributed by atoms with Gasteiger partial charge < -0.3 is 5.21 Å². The Balaban J connectivity index is 2.82. The highest BCUT2D eigenvalue weighted by atomic mass is 16.4. The van der Waals surface area contributed by atoms with Crippen molar-refractivity contribution in [1.82, 2.24) is 0 Å². The van der Waals surface area contributed by atoms with Gasteiger partial charge in [-0.25, -0.2) is 0 Å². The Bertz CT molecular complexity index is 302. The summed E-state index contributed by atoms with van der Waals surface area (Å²) in [6.07, 6.45) is 4.93. The molecule has 0 unspecified atom stereocenters. The zero-order chi connectivity index (χ0) is 8.81. The third kappa shape index (κ3) is 2.23. The summed E-state index contributed by atoms with van der Waals surface area (Å²) in [4.78, 5) is 0. The molecule has 0 aliphatic rings. The average molecular weight is 161 g/mol. The van der Waals surface area contributed by atoms with Gasteiger partial charge >= 0.3 is 0 Å². The van der Waals surface area contributed by atoms with Crippen LogP contribution in [0.25, 0.3) is 6.08 Å².